The first-order chi connectivity index (χ1) is 54.0. The van der Waals surface area contributed by atoms with E-state index in [1.54, 1.807) is 72.5 Å². The summed E-state index contributed by atoms with van der Waals surface area (Å²) in [7, 11) is 9.91. The molecule has 29 heteroatoms. The molecule has 2 aliphatic heterocycles. The van der Waals surface area contributed by atoms with E-state index in [9.17, 15) is 33.9 Å². The van der Waals surface area contributed by atoms with Crippen LogP contribution in [-0.4, -0.2) is 287 Å². The van der Waals surface area contributed by atoms with E-state index >= 15 is 38.4 Å². The average Bonchev–Trinajstić information content (AvgIpc) is 0.818. The largest absolute Gasteiger partial charge is 0.391 e. The quantitative estimate of drug-likeness (QED) is 0.0908. The normalized spacial score (nSPS) is 25.1. The van der Waals surface area contributed by atoms with Crippen LogP contribution in [0.3, 0.4) is 0 Å². The first kappa shape index (κ1) is 98.3. The van der Waals surface area contributed by atoms with Gasteiger partial charge in [0.05, 0.1) is 19.1 Å². The number of benzene rings is 2. The van der Waals surface area contributed by atoms with Crippen LogP contribution in [0.2, 0.25) is 0 Å². The van der Waals surface area contributed by atoms with E-state index in [0.29, 0.717) is 56.3 Å². The fourth-order valence-electron chi connectivity index (χ4n) is 14.7. The Morgan fingerprint density at radius 3 is 1.37 bits per heavy atom. The number of carbonyl (C=O) groups excluding carboxylic acids is 14. The predicted octanol–water partition coefficient (Wildman–Crippen LogP) is 5.43. The number of aliphatic hydroxyl groups excluding tert-OH is 1. The van der Waals surface area contributed by atoms with Gasteiger partial charge >= 0.3 is 0 Å². The summed E-state index contributed by atoms with van der Waals surface area (Å²) in [5, 5.41) is 25.6. The smallest absolute Gasteiger partial charge is 0.248 e. The average molecular weight is 1610 g/mol. The summed E-state index contributed by atoms with van der Waals surface area (Å²) in [6, 6.07) is 3.33. The summed E-state index contributed by atoms with van der Waals surface area (Å²) in [5.41, 5.74) is 1.28. The molecule has 0 bridgehead atoms. The molecular formula is C86H140N14O15. The number of likely N-dealkylation sites (tertiary alicyclic amines) is 1. The molecule has 14 amide bonds. The fourth-order valence-corrected chi connectivity index (χ4v) is 14.7. The van der Waals surface area contributed by atoms with Crippen LogP contribution in [-0.2, 0) is 80.0 Å². The Morgan fingerprint density at radius 2 is 0.887 bits per heavy atom. The number of hydrogen-bond acceptors (Lipinski definition) is 15. The number of carbonyl (C=O) groups is 14. The van der Waals surface area contributed by atoms with Gasteiger partial charge in [0.15, 0.2) is 0 Å². The number of unbranched alkanes of at least 4 members (excludes halogenated alkanes) is 1. The molecule has 0 unspecified atom stereocenters. The van der Waals surface area contributed by atoms with Gasteiger partial charge < -0.3 is 75.8 Å². The van der Waals surface area contributed by atoms with Gasteiger partial charge in [-0.3, -0.25) is 67.1 Å². The number of likely N-dealkylation sites (N-methyl/N-ethyl adjacent to an activating group) is 6. The molecular weight excluding hydrogens is 1470 g/mol. The van der Waals surface area contributed by atoms with Crippen LogP contribution >= 0.6 is 0 Å². The van der Waals surface area contributed by atoms with Gasteiger partial charge in [-0.15, -0.1) is 0 Å². The van der Waals surface area contributed by atoms with Gasteiger partial charge in [-0.05, 0) is 118 Å². The predicted molar refractivity (Wildman–Crippen MR) is 442 cm³/mol. The number of nitrogens with zero attached hydrogens (tertiary/aromatic N) is 9. The zero-order chi connectivity index (χ0) is 86.6. The van der Waals surface area contributed by atoms with Crippen molar-refractivity contribution in [1.29, 1.82) is 0 Å². The van der Waals surface area contributed by atoms with Crippen molar-refractivity contribution in [2.24, 2.45) is 35.5 Å². The third kappa shape index (κ3) is 29.6. The summed E-state index contributed by atoms with van der Waals surface area (Å²) in [5.74, 6) is -11.1. The zero-order valence-electron chi connectivity index (χ0n) is 73.0. The van der Waals surface area contributed by atoms with E-state index in [1.807, 2.05) is 83.1 Å². The Bertz CT molecular complexity index is 3550. The summed E-state index contributed by atoms with van der Waals surface area (Å²) in [4.78, 5) is 222. The second-order valence-electron chi connectivity index (χ2n) is 34.2. The Kier molecular flexibility index (Phi) is 40.4. The molecule has 0 spiro atoms. The van der Waals surface area contributed by atoms with Gasteiger partial charge in [0, 0.05) is 94.8 Å². The molecule has 2 aliphatic rings. The van der Waals surface area contributed by atoms with E-state index in [4.69, 9.17) is 0 Å². The van der Waals surface area contributed by atoms with Gasteiger partial charge in [-0.2, -0.15) is 0 Å². The summed E-state index contributed by atoms with van der Waals surface area (Å²) in [6.07, 6.45) is 1.53. The molecule has 644 valence electrons. The van der Waals surface area contributed by atoms with Crippen LogP contribution < -0.4 is 26.6 Å². The molecule has 6 N–H and O–H groups in total. The van der Waals surface area contributed by atoms with Gasteiger partial charge in [0.1, 0.15) is 66.5 Å². The van der Waals surface area contributed by atoms with Crippen LogP contribution in [0.15, 0.2) is 60.7 Å². The van der Waals surface area contributed by atoms with Crippen LogP contribution in [0.25, 0.3) is 0 Å². The molecule has 2 aromatic carbocycles. The molecule has 29 nitrogen and oxygen atoms in total. The third-order valence-corrected chi connectivity index (χ3v) is 22.0. The van der Waals surface area contributed by atoms with E-state index < -0.39 is 174 Å². The van der Waals surface area contributed by atoms with Crippen molar-refractivity contribution in [2.75, 3.05) is 82.1 Å². The molecule has 2 aromatic rings. The summed E-state index contributed by atoms with van der Waals surface area (Å²) >= 11 is 0. The van der Waals surface area contributed by atoms with Crippen LogP contribution in [0.1, 0.15) is 198 Å². The minimum Gasteiger partial charge on any atom is -0.391 e. The van der Waals surface area contributed by atoms with Crippen molar-refractivity contribution >= 4 is 82.7 Å². The van der Waals surface area contributed by atoms with Crippen molar-refractivity contribution in [1.82, 2.24) is 70.7 Å². The van der Waals surface area contributed by atoms with Crippen molar-refractivity contribution in [3.8, 4) is 0 Å². The number of piperidine rings is 1. The van der Waals surface area contributed by atoms with Crippen molar-refractivity contribution in [3.05, 3.63) is 71.8 Å². The van der Waals surface area contributed by atoms with Gasteiger partial charge in [-0.1, -0.05) is 164 Å². The van der Waals surface area contributed by atoms with E-state index in [0.717, 1.165) is 11.3 Å². The Hall–Kier alpha value is -9.02. The maximum Gasteiger partial charge on any atom is 0.248 e. The first-order valence-electron chi connectivity index (χ1n) is 41.6. The highest BCUT2D eigenvalue weighted by Crippen LogP contribution is 2.26. The van der Waals surface area contributed by atoms with Crippen LogP contribution in [0.5, 0.6) is 0 Å². The third-order valence-electron chi connectivity index (χ3n) is 22.0. The van der Waals surface area contributed by atoms with Gasteiger partial charge in [0.25, 0.3) is 0 Å². The van der Waals surface area contributed by atoms with Crippen molar-refractivity contribution in [2.45, 2.75) is 273 Å². The lowest BCUT2D eigenvalue weighted by molar-refractivity contribution is -0.151. The monoisotopic (exact) mass is 1610 g/mol. The van der Waals surface area contributed by atoms with E-state index in [-0.39, 0.29) is 94.0 Å². The second-order valence-corrected chi connectivity index (χ2v) is 34.2. The molecule has 0 aromatic heterocycles. The van der Waals surface area contributed by atoms with Gasteiger partial charge in [-0.25, -0.2) is 0 Å². The first-order valence-corrected chi connectivity index (χ1v) is 41.6. The van der Waals surface area contributed by atoms with E-state index in [2.05, 4.69) is 26.6 Å². The maximum absolute atomic E-state index is 15.7. The summed E-state index contributed by atoms with van der Waals surface area (Å²) < 4.78 is 0. The standard InChI is InChI=1S/C86H140N14O15/c1-23-25-42-100-70(84(113)99-40-33-28-34-41-99)51-72(103)92(16)43-39-71(102)88-63(44-53(3)4)81(110)95(19)66(46-55(7)8)79(108)91-75(60(15)101)85(114)93(17)52-73(104)94(18)69(48-57(11)12)83(112)97(21)67(47-56(9)10)78(107)90-74(58(13)24-2)86(115)98(22)65(45-54(5)6)77(106)89-64(49-61-35-29-26-30-36-61)82(111)96(20)68(50-62-37-31-27-32-38-62)76(105)87-59(14)80(100)109/h26-27,29-32,35-38,53-60,63-70,74-75,101H,23-25,28,33-34,39-52H2,1-22H3,(H,87,105)(H,88,102)(H,89,106)(H,90,107)(H,91,108)/t58-,59-,60+,63-,64-,65-,66-,67-,68-,69-,70+,74-,75-/m0/s1. The number of hydrogen-bond donors (Lipinski definition) is 6. The highest BCUT2D eigenvalue weighted by molar-refractivity contribution is 6.00. The maximum atomic E-state index is 15.7. The minimum atomic E-state index is -1.66. The fraction of sp³-hybridized carbons (Fsp3) is 0.698. The molecule has 2 saturated heterocycles. The molecule has 2 fully saturated rings. The number of amides is 14. The lowest BCUT2D eigenvalue weighted by Gasteiger charge is -2.38. The molecule has 13 atom stereocenters. The van der Waals surface area contributed by atoms with Crippen molar-refractivity contribution < 1.29 is 72.2 Å². The molecule has 0 radical (unpaired) electrons. The number of rotatable bonds is 21. The molecule has 0 saturated carbocycles. The lowest BCUT2D eigenvalue weighted by Crippen LogP contribution is -2.62. The topological polar surface area (TPSA) is 349 Å². The molecule has 0 aliphatic carbocycles. The van der Waals surface area contributed by atoms with Crippen LogP contribution in [0, 0.1) is 35.5 Å². The van der Waals surface area contributed by atoms with Crippen molar-refractivity contribution in [3.63, 3.8) is 0 Å². The Morgan fingerprint density at radius 1 is 0.443 bits per heavy atom. The highest BCUT2D eigenvalue weighted by Gasteiger charge is 2.45. The highest BCUT2D eigenvalue weighted by atomic mass is 16.3. The SMILES string of the molecule is CCCCN1C(=O)[C@H](C)NC(=O)[C@H](Cc2ccccc2)N(C)C(=O)[C@H](Cc2ccccc2)NC(=O)[C@H](CC(C)C)N(C)C(=O)[C@H]([C@@H](C)CC)NC(=O)[C@H](CC(C)C)N(C)C(=O)[C@H](CC(C)C)N(C)C(=O)CN(C)C(=O)[C@H]([C@@H](C)O)NC(=O)[C@H](CC(C)C)N(C)C(=O)[C@H](CC(C)C)NC(=O)CCN(C)C(=O)C[C@@H]1C(=O)N1CCCCC1. The Labute approximate surface area is 684 Å². The number of nitrogens with one attached hydrogen (secondary N) is 5. The second kappa shape index (κ2) is 47.3. The zero-order valence-corrected chi connectivity index (χ0v) is 73.0. The molecule has 2 heterocycles. The molecule has 115 heavy (non-hydrogen) atoms. The van der Waals surface area contributed by atoms with Gasteiger partial charge in [0.2, 0.25) is 82.7 Å². The number of aliphatic hydroxyl groups is 1. The van der Waals surface area contributed by atoms with E-state index in [1.165, 1.54) is 97.5 Å². The lowest BCUT2D eigenvalue weighted by atomic mass is 9.94. The minimum absolute atomic E-state index is 0.00509. The summed E-state index contributed by atoms with van der Waals surface area (Å²) in [6.45, 7) is 26.7. The molecule has 4 rings (SSSR count). The Balaban J connectivity index is 1.98. The van der Waals surface area contributed by atoms with Crippen LogP contribution in [0.4, 0.5) is 0 Å².